The number of hydrogen-bond acceptors (Lipinski definition) is 3. The van der Waals surface area contributed by atoms with E-state index in [0.717, 1.165) is 36.2 Å². The Morgan fingerprint density at radius 1 is 1.58 bits per heavy atom. The van der Waals surface area contributed by atoms with Crippen molar-refractivity contribution in [2.24, 2.45) is 5.92 Å². The van der Waals surface area contributed by atoms with Crippen LogP contribution in [0.5, 0.6) is 0 Å². The van der Waals surface area contributed by atoms with E-state index in [2.05, 4.69) is 51.8 Å². The molecular formula is C14H24BrN3O. The van der Waals surface area contributed by atoms with Crippen LogP contribution in [-0.4, -0.2) is 35.6 Å². The van der Waals surface area contributed by atoms with Crippen LogP contribution in [0.1, 0.15) is 31.7 Å². The van der Waals surface area contributed by atoms with Gasteiger partial charge in [-0.3, -0.25) is 4.68 Å². The Bertz CT molecular complexity index is 433. The fourth-order valence-electron chi connectivity index (χ4n) is 3.02. The smallest absolute Gasteiger partial charge is 0.0738 e. The van der Waals surface area contributed by atoms with Gasteiger partial charge in [-0.2, -0.15) is 5.10 Å². The van der Waals surface area contributed by atoms with E-state index in [4.69, 9.17) is 4.74 Å². The molecule has 0 aromatic carbocycles. The summed E-state index contributed by atoms with van der Waals surface area (Å²) in [6.07, 6.45) is 2.48. The maximum absolute atomic E-state index is 5.70. The Hall–Kier alpha value is -0.390. The van der Waals surface area contributed by atoms with Crippen LogP contribution < -0.4 is 5.32 Å². The van der Waals surface area contributed by atoms with Gasteiger partial charge in [0, 0.05) is 31.5 Å². The van der Waals surface area contributed by atoms with E-state index in [1.807, 2.05) is 7.05 Å². The van der Waals surface area contributed by atoms with Gasteiger partial charge in [0.1, 0.15) is 0 Å². The molecule has 1 aliphatic heterocycles. The molecule has 1 aliphatic rings. The molecule has 0 bridgehead atoms. The van der Waals surface area contributed by atoms with Gasteiger partial charge in [0.2, 0.25) is 0 Å². The summed E-state index contributed by atoms with van der Waals surface area (Å²) in [7, 11) is 2.04. The number of nitrogens with zero attached hydrogens (tertiary/aromatic N) is 2. The molecule has 1 fully saturated rings. The number of ether oxygens (including phenoxy) is 1. The van der Waals surface area contributed by atoms with Crippen LogP contribution in [0.3, 0.4) is 0 Å². The van der Waals surface area contributed by atoms with E-state index in [1.54, 1.807) is 0 Å². The largest absolute Gasteiger partial charge is 0.378 e. The number of aryl methyl sites for hydroxylation is 2. The van der Waals surface area contributed by atoms with E-state index in [9.17, 15) is 0 Å². The summed E-state index contributed by atoms with van der Waals surface area (Å²) in [6.45, 7) is 8.17. The first kappa shape index (κ1) is 15.0. The third-order valence-electron chi connectivity index (χ3n) is 4.19. The van der Waals surface area contributed by atoms with E-state index in [1.165, 1.54) is 5.69 Å². The third-order valence-corrected chi connectivity index (χ3v) is 5.22. The molecule has 3 atom stereocenters. The summed E-state index contributed by atoms with van der Waals surface area (Å²) < 4.78 is 8.96. The lowest BCUT2D eigenvalue weighted by Gasteiger charge is -2.25. The van der Waals surface area contributed by atoms with Gasteiger partial charge in [-0.05, 0) is 50.2 Å². The summed E-state index contributed by atoms with van der Waals surface area (Å²) in [5.41, 5.74) is 2.36. The molecule has 5 heteroatoms. The number of hydrogen-bond donors (Lipinski definition) is 1. The van der Waals surface area contributed by atoms with Crippen molar-refractivity contribution >= 4 is 15.9 Å². The first-order chi connectivity index (χ1) is 9.08. The lowest BCUT2D eigenvalue weighted by molar-refractivity contribution is 0.0960. The molecule has 1 aromatic heterocycles. The van der Waals surface area contributed by atoms with Gasteiger partial charge in [-0.1, -0.05) is 0 Å². The molecule has 0 saturated carbocycles. The number of aromatic nitrogens is 2. The second-order valence-electron chi connectivity index (χ2n) is 5.29. The van der Waals surface area contributed by atoms with Crippen LogP contribution in [0.25, 0.3) is 0 Å². The number of nitrogens with one attached hydrogen (secondary N) is 1. The molecule has 0 spiro atoms. The predicted octanol–water partition coefficient (Wildman–Crippen LogP) is 2.53. The highest BCUT2D eigenvalue weighted by atomic mass is 79.9. The first-order valence-corrected chi connectivity index (χ1v) is 7.88. The van der Waals surface area contributed by atoms with Gasteiger partial charge < -0.3 is 10.1 Å². The Morgan fingerprint density at radius 3 is 2.84 bits per heavy atom. The summed E-state index contributed by atoms with van der Waals surface area (Å²) >= 11 is 3.68. The molecular weight excluding hydrogens is 306 g/mol. The first-order valence-electron chi connectivity index (χ1n) is 7.09. The molecule has 0 amide bonds. The summed E-state index contributed by atoms with van der Waals surface area (Å²) in [5, 5.41) is 8.04. The Labute approximate surface area is 124 Å². The molecule has 108 valence electrons. The lowest BCUT2D eigenvalue weighted by Crippen LogP contribution is -2.39. The van der Waals surface area contributed by atoms with Gasteiger partial charge >= 0.3 is 0 Å². The molecule has 0 aliphatic carbocycles. The quantitative estimate of drug-likeness (QED) is 0.902. The lowest BCUT2D eigenvalue weighted by atomic mass is 9.90. The van der Waals surface area contributed by atoms with Crippen molar-refractivity contribution in [3.63, 3.8) is 0 Å². The number of halogens is 1. The maximum atomic E-state index is 5.70. The van der Waals surface area contributed by atoms with Crippen molar-refractivity contribution in [1.29, 1.82) is 0 Å². The van der Waals surface area contributed by atoms with Gasteiger partial charge in [-0.25, -0.2) is 0 Å². The zero-order valence-electron chi connectivity index (χ0n) is 12.2. The normalized spacial score (nSPS) is 24.9. The van der Waals surface area contributed by atoms with E-state index >= 15 is 0 Å². The van der Waals surface area contributed by atoms with Crippen molar-refractivity contribution < 1.29 is 4.74 Å². The minimum absolute atomic E-state index is 0.343. The van der Waals surface area contributed by atoms with Crippen molar-refractivity contribution in [3.8, 4) is 0 Å². The maximum Gasteiger partial charge on any atom is 0.0738 e. The van der Waals surface area contributed by atoms with E-state index in [-0.39, 0.29) is 0 Å². The van der Waals surface area contributed by atoms with Crippen LogP contribution in [-0.2, 0) is 17.7 Å². The molecule has 19 heavy (non-hydrogen) atoms. The van der Waals surface area contributed by atoms with Crippen molar-refractivity contribution in [3.05, 3.63) is 15.9 Å². The fraction of sp³-hybridized carbons (Fsp3) is 0.786. The van der Waals surface area contributed by atoms with E-state index < -0.39 is 0 Å². The summed E-state index contributed by atoms with van der Waals surface area (Å²) in [6, 6.07) is 0.440. The topological polar surface area (TPSA) is 39.1 Å². The van der Waals surface area contributed by atoms with Crippen LogP contribution in [0.4, 0.5) is 0 Å². The van der Waals surface area contributed by atoms with Gasteiger partial charge in [0.15, 0.2) is 0 Å². The monoisotopic (exact) mass is 329 g/mol. The Kier molecular flexibility index (Phi) is 5.03. The van der Waals surface area contributed by atoms with E-state index in [0.29, 0.717) is 18.1 Å². The predicted molar refractivity (Wildman–Crippen MR) is 80.4 cm³/mol. The third kappa shape index (κ3) is 3.03. The standard InChI is InChI=1S/C14H24BrN3O/c1-5-18-13(14(15)9(2)17-18)8-12(16-4)11-6-7-19-10(11)3/h10-12,16H,5-8H2,1-4H3. The average molecular weight is 330 g/mol. The van der Waals surface area contributed by atoms with Gasteiger partial charge in [0.25, 0.3) is 0 Å². The van der Waals surface area contributed by atoms with Crippen molar-refractivity contribution in [2.75, 3.05) is 13.7 Å². The molecule has 0 radical (unpaired) electrons. The molecule has 1 aromatic rings. The zero-order chi connectivity index (χ0) is 14.0. The molecule has 1 saturated heterocycles. The summed E-state index contributed by atoms with van der Waals surface area (Å²) in [5.74, 6) is 0.581. The highest BCUT2D eigenvalue weighted by Crippen LogP contribution is 2.29. The summed E-state index contributed by atoms with van der Waals surface area (Å²) in [4.78, 5) is 0. The Morgan fingerprint density at radius 2 is 2.32 bits per heavy atom. The minimum atomic E-state index is 0.343. The zero-order valence-corrected chi connectivity index (χ0v) is 13.8. The minimum Gasteiger partial charge on any atom is -0.378 e. The van der Waals surface area contributed by atoms with Crippen molar-refractivity contribution in [1.82, 2.24) is 15.1 Å². The average Bonchev–Trinajstić information content (AvgIpc) is 2.93. The molecule has 3 unspecified atom stereocenters. The van der Waals surface area contributed by atoms with Gasteiger partial charge in [0.05, 0.1) is 22.0 Å². The number of rotatable bonds is 5. The van der Waals surface area contributed by atoms with Crippen LogP contribution in [0, 0.1) is 12.8 Å². The molecule has 2 heterocycles. The van der Waals surface area contributed by atoms with Crippen molar-refractivity contribution in [2.45, 2.75) is 52.3 Å². The Balaban J connectivity index is 2.18. The fourth-order valence-corrected chi connectivity index (χ4v) is 3.46. The van der Waals surface area contributed by atoms with Crippen LogP contribution in [0.15, 0.2) is 4.47 Å². The highest BCUT2D eigenvalue weighted by Gasteiger charge is 2.32. The second kappa shape index (κ2) is 6.37. The van der Waals surface area contributed by atoms with Crippen LogP contribution in [0.2, 0.25) is 0 Å². The molecule has 2 rings (SSSR count). The molecule has 1 N–H and O–H groups in total. The second-order valence-corrected chi connectivity index (χ2v) is 6.08. The molecule has 4 nitrogen and oxygen atoms in total. The van der Waals surface area contributed by atoms with Crippen LogP contribution >= 0.6 is 15.9 Å². The SMILES string of the molecule is CCn1nc(C)c(Br)c1CC(NC)C1CCOC1C. The highest BCUT2D eigenvalue weighted by molar-refractivity contribution is 9.10. The number of likely N-dealkylation sites (N-methyl/N-ethyl adjacent to an activating group) is 1. The van der Waals surface area contributed by atoms with Gasteiger partial charge in [-0.15, -0.1) is 0 Å².